The van der Waals surface area contributed by atoms with Gasteiger partial charge in [0.15, 0.2) is 0 Å². The van der Waals surface area contributed by atoms with Gasteiger partial charge in [-0.2, -0.15) is 0 Å². The van der Waals surface area contributed by atoms with Gasteiger partial charge in [0.05, 0.1) is 5.92 Å². The zero-order valence-electron chi connectivity index (χ0n) is 17.4. The van der Waals surface area contributed by atoms with E-state index in [4.69, 9.17) is 4.74 Å². The lowest BCUT2D eigenvalue weighted by Crippen LogP contribution is -2.55. The topological polar surface area (TPSA) is 122 Å². The van der Waals surface area contributed by atoms with Crippen molar-refractivity contribution >= 4 is 29.6 Å². The van der Waals surface area contributed by atoms with Gasteiger partial charge in [0, 0.05) is 24.5 Å². The van der Waals surface area contributed by atoms with Gasteiger partial charge in [-0.05, 0) is 40.2 Å². The molecule has 2 saturated heterocycles. The van der Waals surface area contributed by atoms with Gasteiger partial charge in [0.1, 0.15) is 11.6 Å². The summed E-state index contributed by atoms with van der Waals surface area (Å²) in [5, 5.41) is 5.40. The molecule has 30 heavy (non-hydrogen) atoms. The van der Waals surface area contributed by atoms with Crippen LogP contribution < -0.4 is 10.6 Å². The molecule has 9 nitrogen and oxygen atoms in total. The SMILES string of the molecule is CC(C)(C)OC(=O)CCCNC1C=CC=C2C(=O)N(C3CCC(=O)NC3=O)C(=O)C21. The third-order valence-corrected chi connectivity index (χ3v) is 5.14. The number of imide groups is 2. The van der Waals surface area contributed by atoms with Crippen LogP contribution in [-0.4, -0.2) is 58.7 Å². The Bertz CT molecular complexity index is 838. The maximum atomic E-state index is 13.0. The Balaban J connectivity index is 1.60. The number of nitrogens with zero attached hydrogens (tertiary/aromatic N) is 1. The monoisotopic (exact) mass is 417 g/mol. The van der Waals surface area contributed by atoms with E-state index in [1.807, 2.05) is 0 Å². The fourth-order valence-electron chi connectivity index (χ4n) is 3.87. The van der Waals surface area contributed by atoms with Crippen LogP contribution in [0.5, 0.6) is 0 Å². The van der Waals surface area contributed by atoms with Gasteiger partial charge in [-0.15, -0.1) is 0 Å². The lowest BCUT2D eigenvalue weighted by Gasteiger charge is -2.28. The molecule has 0 saturated carbocycles. The van der Waals surface area contributed by atoms with E-state index in [-0.39, 0.29) is 25.2 Å². The molecule has 2 aliphatic heterocycles. The number of carbonyl (C=O) groups excluding carboxylic acids is 5. The Morgan fingerprint density at radius 1 is 1.27 bits per heavy atom. The first kappa shape index (κ1) is 21.9. The summed E-state index contributed by atoms with van der Waals surface area (Å²) in [7, 11) is 0. The smallest absolute Gasteiger partial charge is 0.306 e. The van der Waals surface area contributed by atoms with E-state index in [0.717, 1.165) is 4.90 Å². The molecular formula is C21H27N3O6. The van der Waals surface area contributed by atoms with Gasteiger partial charge < -0.3 is 10.1 Å². The molecule has 3 aliphatic rings. The Morgan fingerprint density at radius 2 is 2.00 bits per heavy atom. The van der Waals surface area contributed by atoms with Crippen LogP contribution >= 0.6 is 0 Å². The van der Waals surface area contributed by atoms with E-state index < -0.39 is 47.2 Å². The average molecular weight is 417 g/mol. The number of allylic oxidation sites excluding steroid dienone is 2. The van der Waals surface area contributed by atoms with Crippen LogP contribution in [-0.2, 0) is 28.7 Å². The van der Waals surface area contributed by atoms with Crippen LogP contribution in [0.2, 0.25) is 0 Å². The maximum Gasteiger partial charge on any atom is 0.306 e. The van der Waals surface area contributed by atoms with Crippen molar-refractivity contribution in [1.29, 1.82) is 0 Å². The van der Waals surface area contributed by atoms with Gasteiger partial charge in [-0.3, -0.25) is 34.2 Å². The zero-order valence-corrected chi connectivity index (χ0v) is 17.4. The van der Waals surface area contributed by atoms with E-state index in [2.05, 4.69) is 10.6 Å². The second kappa shape index (κ2) is 8.51. The third kappa shape index (κ3) is 4.67. The van der Waals surface area contributed by atoms with Crippen LogP contribution in [0, 0.1) is 5.92 Å². The van der Waals surface area contributed by atoms with Crippen molar-refractivity contribution in [3.63, 3.8) is 0 Å². The molecule has 9 heteroatoms. The minimum absolute atomic E-state index is 0.0851. The molecule has 2 N–H and O–H groups in total. The Hall–Kier alpha value is -2.81. The Morgan fingerprint density at radius 3 is 2.67 bits per heavy atom. The van der Waals surface area contributed by atoms with Gasteiger partial charge in [0.2, 0.25) is 17.7 Å². The lowest BCUT2D eigenvalue weighted by molar-refractivity contribution is -0.155. The second-order valence-corrected chi connectivity index (χ2v) is 8.63. The Kier molecular flexibility index (Phi) is 6.21. The molecule has 0 aromatic heterocycles. The summed E-state index contributed by atoms with van der Waals surface area (Å²) < 4.78 is 5.27. The van der Waals surface area contributed by atoms with E-state index in [1.54, 1.807) is 39.0 Å². The van der Waals surface area contributed by atoms with Gasteiger partial charge in [-0.1, -0.05) is 18.2 Å². The summed E-state index contributed by atoms with van der Waals surface area (Å²) in [4.78, 5) is 62.2. The highest BCUT2D eigenvalue weighted by Crippen LogP contribution is 2.34. The van der Waals surface area contributed by atoms with Gasteiger partial charge >= 0.3 is 5.97 Å². The molecule has 1 aliphatic carbocycles. The van der Waals surface area contributed by atoms with Crippen LogP contribution in [0.25, 0.3) is 0 Å². The standard InChI is InChI=1S/C21H27N3O6/c1-21(2,3)30-16(26)8-5-11-22-13-7-4-6-12-17(13)20(29)24(19(12)28)14-9-10-15(25)23-18(14)27/h4,6-7,13-14,17,22H,5,8-11H2,1-3H3,(H,23,25,27). The molecule has 162 valence electrons. The molecule has 3 unspecified atom stereocenters. The number of carbonyl (C=O) groups is 5. The molecule has 0 aromatic carbocycles. The molecule has 0 spiro atoms. The number of amides is 4. The van der Waals surface area contributed by atoms with Gasteiger partial charge in [0.25, 0.3) is 5.91 Å². The molecule has 4 amide bonds. The quantitative estimate of drug-likeness (QED) is 0.363. The van der Waals surface area contributed by atoms with E-state index in [9.17, 15) is 24.0 Å². The van der Waals surface area contributed by atoms with Crippen molar-refractivity contribution in [2.75, 3.05) is 6.54 Å². The summed E-state index contributed by atoms with van der Waals surface area (Å²) in [6, 6.07) is -1.39. The molecule has 3 atom stereocenters. The highest BCUT2D eigenvalue weighted by molar-refractivity contribution is 6.18. The van der Waals surface area contributed by atoms with Crippen molar-refractivity contribution in [1.82, 2.24) is 15.5 Å². The number of hydrogen-bond donors (Lipinski definition) is 2. The number of likely N-dealkylation sites (tertiary alicyclic amines) is 1. The molecule has 2 heterocycles. The predicted octanol–water partition coefficient (Wildman–Crippen LogP) is 0.353. The molecule has 0 radical (unpaired) electrons. The maximum absolute atomic E-state index is 13.0. The van der Waals surface area contributed by atoms with E-state index >= 15 is 0 Å². The largest absolute Gasteiger partial charge is 0.460 e. The van der Waals surface area contributed by atoms with Crippen molar-refractivity contribution in [3.8, 4) is 0 Å². The number of piperidine rings is 1. The third-order valence-electron chi connectivity index (χ3n) is 5.14. The first-order valence-electron chi connectivity index (χ1n) is 10.1. The molecule has 0 aromatic rings. The first-order chi connectivity index (χ1) is 14.1. The number of hydrogen-bond acceptors (Lipinski definition) is 7. The normalized spacial score (nSPS) is 26.4. The predicted molar refractivity (Wildman–Crippen MR) is 106 cm³/mol. The van der Waals surface area contributed by atoms with Crippen LogP contribution in [0.15, 0.2) is 23.8 Å². The summed E-state index contributed by atoms with van der Waals surface area (Å²) in [6.07, 6.45) is 6.06. The highest BCUT2D eigenvalue weighted by Gasteiger charge is 2.51. The minimum atomic E-state index is -0.970. The number of ether oxygens (including phenoxy) is 1. The van der Waals surface area contributed by atoms with Crippen LogP contribution in [0.1, 0.15) is 46.5 Å². The van der Waals surface area contributed by atoms with Crippen molar-refractivity contribution < 1.29 is 28.7 Å². The second-order valence-electron chi connectivity index (χ2n) is 8.63. The lowest BCUT2D eigenvalue weighted by atomic mass is 9.89. The van der Waals surface area contributed by atoms with Crippen molar-refractivity contribution in [3.05, 3.63) is 23.8 Å². The fraction of sp³-hybridized carbons (Fsp3) is 0.571. The van der Waals surface area contributed by atoms with Crippen LogP contribution in [0.4, 0.5) is 0 Å². The zero-order chi connectivity index (χ0) is 22.1. The van der Waals surface area contributed by atoms with Gasteiger partial charge in [-0.25, -0.2) is 0 Å². The van der Waals surface area contributed by atoms with Crippen LogP contribution in [0.3, 0.4) is 0 Å². The van der Waals surface area contributed by atoms with Crippen molar-refractivity contribution in [2.24, 2.45) is 5.92 Å². The highest BCUT2D eigenvalue weighted by atomic mass is 16.6. The van der Waals surface area contributed by atoms with E-state index in [1.165, 1.54) is 0 Å². The first-order valence-corrected chi connectivity index (χ1v) is 10.1. The summed E-state index contributed by atoms with van der Waals surface area (Å²) in [5.74, 6) is -2.99. The molecule has 3 rings (SSSR count). The molecular weight excluding hydrogens is 390 g/mol. The minimum Gasteiger partial charge on any atom is -0.460 e. The number of nitrogens with one attached hydrogen (secondary N) is 2. The van der Waals surface area contributed by atoms with Crippen molar-refractivity contribution in [2.45, 2.75) is 64.1 Å². The fourth-order valence-corrected chi connectivity index (χ4v) is 3.87. The number of rotatable bonds is 6. The summed E-state index contributed by atoms with van der Waals surface area (Å²) >= 11 is 0. The van der Waals surface area contributed by atoms with E-state index in [0.29, 0.717) is 18.5 Å². The Labute approximate surface area is 174 Å². The summed E-state index contributed by atoms with van der Waals surface area (Å²) in [6.45, 7) is 5.88. The average Bonchev–Trinajstić information content (AvgIpc) is 2.89. The molecule has 2 fully saturated rings. The number of esters is 1. The summed E-state index contributed by atoms with van der Waals surface area (Å²) in [5.41, 5.74) is -0.205. The number of fused-ring (bicyclic) bond motifs is 1. The molecule has 0 bridgehead atoms.